The van der Waals surface area contributed by atoms with Crippen molar-refractivity contribution in [1.29, 1.82) is 0 Å². The van der Waals surface area contributed by atoms with Crippen LogP contribution in [0, 0.1) is 0 Å². The maximum absolute atomic E-state index is 6.22. The first-order chi connectivity index (χ1) is 7.70. The summed E-state index contributed by atoms with van der Waals surface area (Å²) in [5.41, 5.74) is 6.22. The Hall–Kier alpha value is -0.120. The molecule has 1 aliphatic heterocycles. The second-order valence-electron chi connectivity index (χ2n) is 4.94. The number of nitrogens with zero attached hydrogens (tertiary/aromatic N) is 1. The van der Waals surface area contributed by atoms with E-state index in [1.807, 2.05) is 0 Å². The van der Waals surface area contributed by atoms with E-state index in [-0.39, 0.29) is 0 Å². The zero-order valence-corrected chi connectivity index (χ0v) is 11.1. The first-order valence-electron chi connectivity index (χ1n) is 6.79. The van der Waals surface area contributed by atoms with E-state index < -0.39 is 0 Å². The van der Waals surface area contributed by atoms with Crippen LogP contribution in [-0.2, 0) is 4.74 Å². The molecule has 2 N–H and O–H groups in total. The highest BCUT2D eigenvalue weighted by Crippen LogP contribution is 2.18. The molecular weight excluding hydrogens is 200 g/mol. The molecule has 1 saturated heterocycles. The van der Waals surface area contributed by atoms with Crippen molar-refractivity contribution >= 4 is 0 Å². The quantitative estimate of drug-likeness (QED) is 0.756. The summed E-state index contributed by atoms with van der Waals surface area (Å²) >= 11 is 0. The Bertz CT molecular complexity index is 187. The van der Waals surface area contributed by atoms with Gasteiger partial charge in [-0.25, -0.2) is 0 Å². The third-order valence-electron chi connectivity index (χ3n) is 3.73. The summed E-state index contributed by atoms with van der Waals surface area (Å²) in [4.78, 5) is 2.56. The van der Waals surface area contributed by atoms with Gasteiger partial charge in [0.05, 0.1) is 6.61 Å². The number of ether oxygens (including phenoxy) is 1. The zero-order chi connectivity index (χ0) is 12.0. The minimum atomic E-state index is 0.291. The van der Waals surface area contributed by atoms with Crippen LogP contribution in [0.1, 0.15) is 46.5 Å². The standard InChI is InChI=1S/C13H28N2O/c1-4-6-8-15(11(3)5-2)13-10-16-9-7-12(13)14/h11-13H,4-10,14H2,1-3H3. The Balaban J connectivity index is 2.57. The highest BCUT2D eigenvalue weighted by atomic mass is 16.5. The molecule has 96 valence electrons. The van der Waals surface area contributed by atoms with Gasteiger partial charge in [-0.1, -0.05) is 20.3 Å². The lowest BCUT2D eigenvalue weighted by molar-refractivity contribution is -0.00980. The molecule has 3 nitrogen and oxygen atoms in total. The van der Waals surface area contributed by atoms with Crippen LogP contribution in [0.3, 0.4) is 0 Å². The van der Waals surface area contributed by atoms with Crippen molar-refractivity contribution < 1.29 is 4.74 Å². The fourth-order valence-electron chi connectivity index (χ4n) is 2.37. The van der Waals surface area contributed by atoms with Gasteiger partial charge in [0.25, 0.3) is 0 Å². The lowest BCUT2D eigenvalue weighted by Gasteiger charge is -2.41. The van der Waals surface area contributed by atoms with Gasteiger partial charge in [0, 0.05) is 24.7 Å². The molecule has 0 amide bonds. The molecule has 0 saturated carbocycles. The van der Waals surface area contributed by atoms with Crippen molar-refractivity contribution in [3.8, 4) is 0 Å². The highest BCUT2D eigenvalue weighted by Gasteiger charge is 2.30. The van der Waals surface area contributed by atoms with Gasteiger partial charge >= 0.3 is 0 Å². The molecule has 0 aromatic rings. The molecular formula is C13H28N2O. The normalized spacial score (nSPS) is 28.3. The summed E-state index contributed by atoms with van der Waals surface area (Å²) in [6.45, 7) is 9.60. The van der Waals surface area contributed by atoms with Gasteiger partial charge in [-0.3, -0.25) is 4.90 Å². The van der Waals surface area contributed by atoms with Crippen molar-refractivity contribution in [2.45, 2.75) is 64.6 Å². The molecule has 1 fully saturated rings. The third kappa shape index (κ3) is 3.72. The molecule has 1 rings (SSSR count). The largest absolute Gasteiger partial charge is 0.380 e. The van der Waals surface area contributed by atoms with Crippen molar-refractivity contribution in [2.24, 2.45) is 5.73 Å². The minimum Gasteiger partial charge on any atom is -0.380 e. The molecule has 3 unspecified atom stereocenters. The van der Waals surface area contributed by atoms with E-state index >= 15 is 0 Å². The summed E-state index contributed by atoms with van der Waals surface area (Å²) < 4.78 is 5.59. The van der Waals surface area contributed by atoms with Crippen molar-refractivity contribution in [3.63, 3.8) is 0 Å². The highest BCUT2D eigenvalue weighted by molar-refractivity contribution is 4.87. The fourth-order valence-corrected chi connectivity index (χ4v) is 2.37. The van der Waals surface area contributed by atoms with E-state index in [0.29, 0.717) is 18.1 Å². The maximum Gasteiger partial charge on any atom is 0.0637 e. The second kappa shape index (κ2) is 7.25. The molecule has 0 spiro atoms. The van der Waals surface area contributed by atoms with Gasteiger partial charge < -0.3 is 10.5 Å². The van der Waals surface area contributed by atoms with Crippen LogP contribution in [0.25, 0.3) is 0 Å². The van der Waals surface area contributed by atoms with E-state index in [1.54, 1.807) is 0 Å². The molecule has 1 heterocycles. The summed E-state index contributed by atoms with van der Waals surface area (Å²) in [6.07, 6.45) is 4.69. The van der Waals surface area contributed by atoms with Gasteiger partial charge in [0.2, 0.25) is 0 Å². The van der Waals surface area contributed by atoms with Crippen molar-refractivity contribution in [1.82, 2.24) is 4.90 Å². The Morgan fingerprint density at radius 3 is 2.75 bits per heavy atom. The molecule has 1 aliphatic rings. The Morgan fingerprint density at radius 2 is 2.19 bits per heavy atom. The fraction of sp³-hybridized carbons (Fsp3) is 1.00. The lowest BCUT2D eigenvalue weighted by Crippen LogP contribution is -2.56. The van der Waals surface area contributed by atoms with E-state index in [0.717, 1.165) is 26.2 Å². The van der Waals surface area contributed by atoms with Gasteiger partial charge in [-0.15, -0.1) is 0 Å². The van der Waals surface area contributed by atoms with Crippen LogP contribution in [0.15, 0.2) is 0 Å². The predicted octanol–water partition coefficient (Wildman–Crippen LogP) is 2.00. The summed E-state index contributed by atoms with van der Waals surface area (Å²) in [5.74, 6) is 0. The van der Waals surface area contributed by atoms with Crippen LogP contribution >= 0.6 is 0 Å². The monoisotopic (exact) mass is 228 g/mol. The number of hydrogen-bond donors (Lipinski definition) is 1. The van der Waals surface area contributed by atoms with Crippen LogP contribution < -0.4 is 5.73 Å². The van der Waals surface area contributed by atoms with E-state index in [1.165, 1.54) is 19.3 Å². The Kier molecular flexibility index (Phi) is 6.32. The number of hydrogen-bond acceptors (Lipinski definition) is 3. The summed E-state index contributed by atoms with van der Waals surface area (Å²) in [6, 6.07) is 1.33. The first-order valence-corrected chi connectivity index (χ1v) is 6.79. The van der Waals surface area contributed by atoms with Gasteiger partial charge in [0.1, 0.15) is 0 Å². The maximum atomic E-state index is 6.22. The first kappa shape index (κ1) is 13.9. The minimum absolute atomic E-state index is 0.291. The van der Waals surface area contributed by atoms with E-state index in [2.05, 4.69) is 25.7 Å². The Morgan fingerprint density at radius 1 is 1.44 bits per heavy atom. The molecule has 0 aromatic heterocycles. The Labute approximate surface area is 100 Å². The average molecular weight is 228 g/mol. The molecule has 0 aromatic carbocycles. The van der Waals surface area contributed by atoms with Crippen molar-refractivity contribution in [2.75, 3.05) is 19.8 Å². The second-order valence-corrected chi connectivity index (χ2v) is 4.94. The van der Waals surface area contributed by atoms with E-state index in [9.17, 15) is 0 Å². The lowest BCUT2D eigenvalue weighted by atomic mass is 10.00. The van der Waals surface area contributed by atoms with Gasteiger partial charge in [-0.2, -0.15) is 0 Å². The number of unbranched alkanes of at least 4 members (excludes halogenated alkanes) is 1. The molecule has 3 atom stereocenters. The molecule has 0 aliphatic carbocycles. The topological polar surface area (TPSA) is 38.5 Å². The average Bonchev–Trinajstić information content (AvgIpc) is 2.31. The summed E-state index contributed by atoms with van der Waals surface area (Å²) in [5, 5.41) is 0. The zero-order valence-electron chi connectivity index (χ0n) is 11.1. The number of nitrogens with two attached hydrogens (primary N) is 1. The smallest absolute Gasteiger partial charge is 0.0637 e. The number of rotatable bonds is 6. The van der Waals surface area contributed by atoms with Crippen LogP contribution in [0.4, 0.5) is 0 Å². The SMILES string of the molecule is CCCCN(C(C)CC)C1COCCC1N. The van der Waals surface area contributed by atoms with E-state index in [4.69, 9.17) is 10.5 Å². The summed E-state index contributed by atoms with van der Waals surface area (Å²) in [7, 11) is 0. The van der Waals surface area contributed by atoms with Crippen LogP contribution in [0.5, 0.6) is 0 Å². The molecule has 3 heteroatoms. The van der Waals surface area contributed by atoms with Crippen LogP contribution in [0.2, 0.25) is 0 Å². The van der Waals surface area contributed by atoms with Crippen LogP contribution in [-0.4, -0.2) is 42.8 Å². The van der Waals surface area contributed by atoms with Gasteiger partial charge in [-0.05, 0) is 32.7 Å². The molecule has 0 bridgehead atoms. The third-order valence-corrected chi connectivity index (χ3v) is 3.73. The molecule has 0 radical (unpaired) electrons. The molecule has 16 heavy (non-hydrogen) atoms. The predicted molar refractivity (Wildman–Crippen MR) is 68.6 cm³/mol. The van der Waals surface area contributed by atoms with Gasteiger partial charge in [0.15, 0.2) is 0 Å². The van der Waals surface area contributed by atoms with Crippen molar-refractivity contribution in [3.05, 3.63) is 0 Å².